The normalized spacial score (nSPS) is 12.1. The lowest BCUT2D eigenvalue weighted by Crippen LogP contribution is -2.28. The first-order valence-electron chi connectivity index (χ1n) is 6.98. The van der Waals surface area contributed by atoms with E-state index in [4.69, 9.17) is 5.26 Å². The Kier molecular flexibility index (Phi) is 5.33. The zero-order valence-corrected chi connectivity index (χ0v) is 12.3. The van der Waals surface area contributed by atoms with E-state index >= 15 is 0 Å². The van der Waals surface area contributed by atoms with Gasteiger partial charge >= 0.3 is 0 Å². The Balaban J connectivity index is 2.02. The summed E-state index contributed by atoms with van der Waals surface area (Å²) in [6.45, 7) is 1.88. The second kappa shape index (κ2) is 7.65. The monoisotopic (exact) mass is 291 g/mol. The lowest BCUT2D eigenvalue weighted by atomic mass is 10.1. The van der Waals surface area contributed by atoms with Crippen molar-refractivity contribution >= 4 is 11.6 Å². The highest BCUT2D eigenvalue weighted by atomic mass is 16.1. The summed E-state index contributed by atoms with van der Waals surface area (Å²) in [5, 5.41) is 14.9. The van der Waals surface area contributed by atoms with Gasteiger partial charge in [-0.3, -0.25) is 4.79 Å². The summed E-state index contributed by atoms with van der Waals surface area (Å²) in [4.78, 5) is 12.1. The van der Waals surface area contributed by atoms with Gasteiger partial charge in [-0.05, 0) is 24.6 Å². The number of carbonyl (C=O) groups excluding carboxylic acids is 1. The lowest BCUT2D eigenvalue weighted by molar-refractivity contribution is -0.117. The van der Waals surface area contributed by atoms with Crippen LogP contribution in [-0.4, -0.2) is 5.91 Å². The summed E-state index contributed by atoms with van der Waals surface area (Å²) in [6.07, 6.45) is 1.42. The predicted octanol–water partition coefficient (Wildman–Crippen LogP) is 3.38. The van der Waals surface area contributed by atoms with Crippen LogP contribution in [0, 0.1) is 11.3 Å². The third-order valence-electron chi connectivity index (χ3n) is 3.17. The molecule has 2 N–H and O–H groups in total. The van der Waals surface area contributed by atoms with Crippen molar-refractivity contribution in [2.45, 2.75) is 13.0 Å². The topological polar surface area (TPSA) is 64.9 Å². The molecule has 0 saturated carbocycles. The molecule has 0 aliphatic carbocycles. The van der Waals surface area contributed by atoms with Crippen molar-refractivity contribution in [2.75, 3.05) is 5.32 Å². The average Bonchev–Trinajstić information content (AvgIpc) is 2.57. The van der Waals surface area contributed by atoms with E-state index in [2.05, 4.69) is 10.6 Å². The van der Waals surface area contributed by atoms with E-state index in [0.29, 0.717) is 0 Å². The molecule has 0 radical (unpaired) electrons. The van der Waals surface area contributed by atoms with Crippen LogP contribution in [0.25, 0.3) is 0 Å². The van der Waals surface area contributed by atoms with Crippen molar-refractivity contribution in [1.29, 1.82) is 5.26 Å². The molecule has 1 atom stereocenters. The van der Waals surface area contributed by atoms with Crippen LogP contribution in [0.5, 0.6) is 0 Å². The minimum atomic E-state index is -0.401. The van der Waals surface area contributed by atoms with Crippen LogP contribution >= 0.6 is 0 Å². The second-order valence-electron chi connectivity index (χ2n) is 4.79. The summed E-state index contributed by atoms with van der Waals surface area (Å²) in [5.41, 5.74) is 1.84. The van der Waals surface area contributed by atoms with Crippen LogP contribution in [0.1, 0.15) is 18.5 Å². The van der Waals surface area contributed by atoms with E-state index in [1.54, 1.807) is 0 Å². The van der Waals surface area contributed by atoms with Crippen molar-refractivity contribution in [3.05, 3.63) is 78.0 Å². The number of hydrogen-bond acceptors (Lipinski definition) is 3. The number of hydrogen-bond donors (Lipinski definition) is 2. The van der Waals surface area contributed by atoms with E-state index in [1.165, 1.54) is 6.20 Å². The van der Waals surface area contributed by atoms with Crippen molar-refractivity contribution in [2.24, 2.45) is 0 Å². The van der Waals surface area contributed by atoms with Gasteiger partial charge in [-0.15, -0.1) is 0 Å². The minimum Gasteiger partial charge on any atom is -0.360 e. The summed E-state index contributed by atoms with van der Waals surface area (Å²) >= 11 is 0. The molecule has 4 nitrogen and oxygen atoms in total. The van der Waals surface area contributed by atoms with Crippen LogP contribution in [-0.2, 0) is 4.79 Å². The number of carbonyl (C=O) groups is 1. The Hall–Kier alpha value is -3.06. The number of benzene rings is 2. The Bertz CT molecular complexity index is 687. The van der Waals surface area contributed by atoms with Gasteiger partial charge in [0.1, 0.15) is 11.6 Å². The van der Waals surface area contributed by atoms with E-state index in [9.17, 15) is 4.79 Å². The molecule has 0 aliphatic heterocycles. The van der Waals surface area contributed by atoms with E-state index < -0.39 is 5.91 Å². The molecule has 2 aromatic carbocycles. The Labute approximate surface area is 130 Å². The third-order valence-corrected chi connectivity index (χ3v) is 3.17. The number of nitrogens with zero attached hydrogens (tertiary/aromatic N) is 1. The molecule has 0 aliphatic rings. The average molecular weight is 291 g/mol. The Morgan fingerprint density at radius 1 is 1.09 bits per heavy atom. The highest BCUT2D eigenvalue weighted by molar-refractivity contribution is 5.97. The fourth-order valence-electron chi connectivity index (χ4n) is 1.94. The first-order chi connectivity index (χ1) is 10.7. The maximum absolute atomic E-state index is 12.1. The molecule has 4 heteroatoms. The highest BCUT2D eigenvalue weighted by Gasteiger charge is 2.13. The molecule has 0 spiro atoms. The maximum atomic E-state index is 12.1. The van der Waals surface area contributed by atoms with E-state index in [0.717, 1.165) is 11.3 Å². The molecule has 0 heterocycles. The molecular formula is C18H17N3O. The van der Waals surface area contributed by atoms with Gasteiger partial charge in [0.15, 0.2) is 0 Å². The van der Waals surface area contributed by atoms with Crippen LogP contribution in [0.4, 0.5) is 5.69 Å². The molecule has 0 aromatic heterocycles. The number of amides is 1. The van der Waals surface area contributed by atoms with Gasteiger partial charge in [0.2, 0.25) is 0 Å². The molecule has 0 bridgehead atoms. The van der Waals surface area contributed by atoms with Crippen molar-refractivity contribution in [1.82, 2.24) is 5.32 Å². The van der Waals surface area contributed by atoms with Crippen LogP contribution in [0.3, 0.4) is 0 Å². The highest BCUT2D eigenvalue weighted by Crippen LogP contribution is 2.12. The lowest BCUT2D eigenvalue weighted by Gasteiger charge is -2.13. The first kappa shape index (κ1) is 15.3. The number of rotatable bonds is 5. The molecule has 0 fully saturated rings. The smallest absolute Gasteiger partial charge is 0.263 e. The molecule has 22 heavy (non-hydrogen) atoms. The van der Waals surface area contributed by atoms with Crippen molar-refractivity contribution in [3.8, 4) is 6.07 Å². The molecular weight excluding hydrogens is 274 g/mol. The zero-order valence-electron chi connectivity index (χ0n) is 12.3. The fraction of sp³-hybridized carbons (Fsp3) is 0.111. The van der Waals surface area contributed by atoms with E-state index in [-0.39, 0.29) is 11.6 Å². The molecule has 1 amide bonds. The minimum absolute atomic E-state index is 0.0339. The van der Waals surface area contributed by atoms with Crippen molar-refractivity contribution < 1.29 is 4.79 Å². The first-order valence-corrected chi connectivity index (χ1v) is 6.98. The molecule has 2 rings (SSSR count). The Morgan fingerprint density at radius 3 is 2.27 bits per heavy atom. The quantitative estimate of drug-likeness (QED) is 0.655. The number of para-hydroxylation sites is 1. The van der Waals surface area contributed by atoms with Gasteiger partial charge in [0.25, 0.3) is 5.91 Å². The number of nitriles is 1. The summed E-state index contributed by atoms with van der Waals surface area (Å²) in [6, 6.07) is 20.7. The van der Waals surface area contributed by atoms with Crippen LogP contribution in [0.15, 0.2) is 72.4 Å². The summed E-state index contributed by atoms with van der Waals surface area (Å²) in [5.74, 6) is -0.401. The summed E-state index contributed by atoms with van der Waals surface area (Å²) < 4.78 is 0. The molecule has 0 saturated heterocycles. The maximum Gasteiger partial charge on any atom is 0.263 e. The SMILES string of the molecule is CC(NC(=O)/C(C#N)=C\Nc1ccccc1)c1ccccc1. The van der Waals surface area contributed by atoms with Gasteiger partial charge in [0, 0.05) is 11.9 Å². The van der Waals surface area contributed by atoms with E-state index in [1.807, 2.05) is 73.7 Å². The van der Waals surface area contributed by atoms with Crippen LogP contribution < -0.4 is 10.6 Å². The fourth-order valence-corrected chi connectivity index (χ4v) is 1.94. The third kappa shape index (κ3) is 4.22. The van der Waals surface area contributed by atoms with Gasteiger partial charge in [0.05, 0.1) is 6.04 Å². The number of anilines is 1. The van der Waals surface area contributed by atoms with Gasteiger partial charge in [-0.2, -0.15) is 5.26 Å². The zero-order chi connectivity index (χ0) is 15.8. The van der Waals surface area contributed by atoms with Gasteiger partial charge < -0.3 is 10.6 Å². The summed E-state index contributed by atoms with van der Waals surface area (Å²) in [7, 11) is 0. The van der Waals surface area contributed by atoms with Crippen LogP contribution in [0.2, 0.25) is 0 Å². The van der Waals surface area contributed by atoms with Gasteiger partial charge in [-0.25, -0.2) is 0 Å². The predicted molar refractivity (Wildman–Crippen MR) is 86.8 cm³/mol. The standard InChI is InChI=1S/C18H17N3O/c1-14(15-8-4-2-5-9-15)21-18(22)16(12-19)13-20-17-10-6-3-7-11-17/h2-11,13-14,20H,1H3,(H,21,22)/b16-13-. The van der Waals surface area contributed by atoms with Crippen molar-refractivity contribution in [3.63, 3.8) is 0 Å². The Morgan fingerprint density at radius 2 is 1.68 bits per heavy atom. The number of nitrogens with one attached hydrogen (secondary N) is 2. The molecule has 110 valence electrons. The second-order valence-corrected chi connectivity index (χ2v) is 4.79. The molecule has 2 aromatic rings. The largest absolute Gasteiger partial charge is 0.360 e. The van der Waals surface area contributed by atoms with Gasteiger partial charge in [-0.1, -0.05) is 48.5 Å². The molecule has 1 unspecified atom stereocenters.